The molecule has 0 aliphatic heterocycles. The van der Waals surface area contributed by atoms with Crippen LogP contribution >= 0.6 is 0 Å². The summed E-state index contributed by atoms with van der Waals surface area (Å²) in [7, 11) is -17.7. The lowest BCUT2D eigenvalue weighted by Gasteiger charge is -2.20. The van der Waals surface area contributed by atoms with Gasteiger partial charge in [-0.1, -0.05) is 229 Å². The standard InChI is InChI=1S/C16H19NO3S.C11H15NO2.C9H11NO3.2C9H12O.4C7H9NO2S.C4H10O/c1-12-8-10-15(11-9-12)21(19,20)17-13(2)16(18)14-6-4-3-5-7-14;1-8(13)11(12-9(2)14)10-6-4-3-5-7-10;1-7(11)6-8-2-4-9(5-3-8)10(12)13;2*1-8(10)7-9-5-3-2-4-6-9;4*1-6-2-4-7(5-3-6)11(8,9)10;1-3-4(2)5/h3-11,13,16-18H,1-2H3;3-8,11,13H,1-2H3,(H,12,14);2-5,7,11H,6H2,1H3;2*2-6,8,10H,7H2,1H3;4*2-5H,1H3,(H2,8,9,10);4-5H,3H2,1-2H3/t13-,16+;8-,11+;7-;2*8-;;;;;4-/m00000....1/s1. The molecule has 0 radical (unpaired) electrons. The van der Waals surface area contributed by atoms with Crippen LogP contribution in [0.4, 0.5) is 5.69 Å². The molecule has 0 aromatic heterocycles. The fourth-order valence-electron chi connectivity index (χ4n) is 9.31. The maximum atomic E-state index is 12.3. The Morgan fingerprint density at radius 3 is 0.829 bits per heavy atom. The normalized spacial score (nSPS) is 12.9. The molecular weight excluding hydrogens is 1600 g/mol. The topological polar surface area (TPSA) is 480 Å². The number of nitrogens with zero attached hydrogens (tertiary/aromatic N) is 1. The van der Waals surface area contributed by atoms with Crippen molar-refractivity contribution >= 4 is 61.7 Å². The van der Waals surface area contributed by atoms with E-state index in [0.717, 1.165) is 58.2 Å². The van der Waals surface area contributed by atoms with E-state index in [-0.39, 0.29) is 60.4 Å². The van der Waals surface area contributed by atoms with E-state index in [1.807, 2.05) is 139 Å². The SMILES string of the molecule is CC(=O)N[C@@H](c1ccccc1)[C@H](C)O.CC[C@@H](C)O.C[C@H](O)Cc1ccc([N+](=O)[O-])cc1.C[C@H](O)Cc1ccccc1.C[C@H](O)Cc1ccccc1.Cc1ccc(S(=O)(=O)N[C@@H](C)[C@@H](O)c2ccccc2)cc1.Cc1ccc(S(N)(=O)=O)cc1.Cc1ccc(S(N)(=O)=O)cc1.Cc1ccc(S(N)(=O)=O)cc1.Cc1ccc(S(N)(=O)=O)cc1. The molecule has 10 rings (SSSR count). The molecule has 0 unspecified atom stereocenters. The molecule has 0 heterocycles. The number of hydrogen-bond donors (Lipinski definition) is 12. The van der Waals surface area contributed by atoms with Gasteiger partial charge >= 0.3 is 0 Å². The van der Waals surface area contributed by atoms with Crippen molar-refractivity contribution in [1.29, 1.82) is 0 Å². The molecule has 0 saturated heterocycles. The van der Waals surface area contributed by atoms with Gasteiger partial charge in [-0.3, -0.25) is 14.9 Å². The zero-order chi connectivity index (χ0) is 88.9. The van der Waals surface area contributed by atoms with E-state index < -0.39 is 79.4 Å². The van der Waals surface area contributed by atoms with E-state index in [2.05, 4.69) is 10.0 Å². The van der Waals surface area contributed by atoms with E-state index in [1.54, 1.807) is 151 Å². The summed E-state index contributed by atoms with van der Waals surface area (Å²) in [5.41, 5.74) is 10.00. The number of nitrogens with one attached hydrogen (secondary N) is 2. The summed E-state index contributed by atoms with van der Waals surface area (Å²) >= 11 is 0. The van der Waals surface area contributed by atoms with Crippen LogP contribution in [0, 0.1) is 44.7 Å². The van der Waals surface area contributed by atoms with Crippen LogP contribution in [-0.2, 0) is 74.2 Å². The van der Waals surface area contributed by atoms with Gasteiger partial charge in [-0.05, 0) is 190 Å². The molecule has 8 atom stereocenters. The summed E-state index contributed by atoms with van der Waals surface area (Å²) in [6.45, 7) is 23.2. The molecule has 0 aliphatic carbocycles. The third-order valence-corrected chi connectivity index (χ3v) is 21.0. The summed E-state index contributed by atoms with van der Waals surface area (Å²) in [5.74, 6) is -0.139. The number of nitro groups is 1. The van der Waals surface area contributed by atoms with Gasteiger partial charge in [0, 0.05) is 25.1 Å². The number of aliphatic hydroxyl groups excluding tert-OH is 6. The van der Waals surface area contributed by atoms with Gasteiger partial charge in [0.1, 0.15) is 0 Å². The molecule has 1 amide bonds. The average Bonchev–Trinajstić information content (AvgIpc) is 0.825. The second kappa shape index (κ2) is 53.7. The Labute approximate surface area is 691 Å². The number of carbonyl (C=O) groups excluding carboxylic acids is 1. The van der Waals surface area contributed by atoms with Crippen LogP contribution in [0.25, 0.3) is 0 Å². The molecule has 26 nitrogen and oxygen atoms in total. The molecule has 117 heavy (non-hydrogen) atoms. The number of hydrogen-bond acceptors (Lipinski definition) is 19. The summed E-state index contributed by atoms with van der Waals surface area (Å²) in [5, 5.41) is 87.7. The van der Waals surface area contributed by atoms with Crippen LogP contribution in [-0.4, -0.2) is 120 Å². The lowest BCUT2D eigenvalue weighted by atomic mass is 10.0. The third-order valence-electron chi connectivity index (χ3n) is 15.7. The van der Waals surface area contributed by atoms with Gasteiger partial charge in [-0.15, -0.1) is 0 Å². The first kappa shape index (κ1) is 105. The first-order valence-corrected chi connectivity index (χ1v) is 44.4. The predicted octanol–water partition coefficient (Wildman–Crippen LogP) is 11.7. The van der Waals surface area contributed by atoms with Crippen molar-refractivity contribution in [1.82, 2.24) is 10.0 Å². The highest BCUT2D eigenvalue weighted by Crippen LogP contribution is 2.21. The highest BCUT2D eigenvalue weighted by molar-refractivity contribution is 7.90. The van der Waals surface area contributed by atoms with Crippen molar-refractivity contribution in [3.8, 4) is 0 Å². The van der Waals surface area contributed by atoms with Gasteiger partial charge in [0.2, 0.25) is 56.0 Å². The van der Waals surface area contributed by atoms with Crippen LogP contribution in [0.1, 0.15) is 130 Å². The van der Waals surface area contributed by atoms with Crippen LogP contribution in [0.3, 0.4) is 0 Å². The minimum atomic E-state index is -3.64. The number of nitro benzene ring substituents is 1. The van der Waals surface area contributed by atoms with Gasteiger partial charge in [0.15, 0.2) is 0 Å². The minimum Gasteiger partial charge on any atom is -0.393 e. The Morgan fingerprint density at radius 1 is 0.368 bits per heavy atom. The Bertz CT molecular complexity index is 4710. The van der Waals surface area contributed by atoms with Crippen molar-refractivity contribution < 1.29 is 82.4 Å². The molecule has 0 saturated carbocycles. The molecule has 638 valence electrons. The minimum absolute atomic E-state index is 0.0781. The second-order valence-corrected chi connectivity index (χ2v) is 35.1. The molecule has 10 aromatic rings. The number of aliphatic hydroxyl groups is 6. The number of carbonyl (C=O) groups is 1. The zero-order valence-electron chi connectivity index (χ0n) is 68.1. The number of sulfonamides is 5. The zero-order valence-corrected chi connectivity index (χ0v) is 72.2. The number of benzene rings is 10. The molecule has 10 aromatic carbocycles. The number of amides is 1. The number of primary sulfonamides is 4. The molecule has 0 spiro atoms. The van der Waals surface area contributed by atoms with Crippen molar-refractivity contribution in [2.24, 2.45) is 20.6 Å². The number of non-ortho nitro benzene ring substituents is 1. The average molecular weight is 1710 g/mol. The van der Waals surface area contributed by atoms with Crippen LogP contribution in [0.5, 0.6) is 0 Å². The van der Waals surface area contributed by atoms with Crippen molar-refractivity contribution in [2.75, 3.05) is 0 Å². The molecule has 31 heteroatoms. The van der Waals surface area contributed by atoms with Gasteiger partial charge in [0.25, 0.3) is 5.69 Å². The van der Waals surface area contributed by atoms with Gasteiger partial charge in [-0.2, -0.15) is 0 Å². The van der Waals surface area contributed by atoms with E-state index in [4.69, 9.17) is 41.0 Å². The Morgan fingerprint density at radius 2 is 0.607 bits per heavy atom. The maximum absolute atomic E-state index is 12.3. The molecular formula is C86H115N7O19S5. The molecule has 0 fully saturated rings. The Kier molecular flexibility index (Phi) is 48.3. The van der Waals surface area contributed by atoms with Crippen molar-refractivity contribution in [2.45, 2.75) is 189 Å². The Hall–Kier alpha value is -9.62. The number of aryl methyl sites for hydroxylation is 5. The molecule has 0 bridgehead atoms. The number of rotatable bonds is 20. The van der Waals surface area contributed by atoms with Crippen molar-refractivity contribution in [3.63, 3.8) is 0 Å². The maximum Gasteiger partial charge on any atom is 0.269 e. The van der Waals surface area contributed by atoms with Crippen LogP contribution in [0.2, 0.25) is 0 Å². The monoisotopic (exact) mass is 1710 g/mol. The summed E-state index contributed by atoms with van der Waals surface area (Å²) in [4.78, 5) is 21.6. The fourth-order valence-corrected chi connectivity index (χ4v) is 12.6. The quantitative estimate of drug-likeness (QED) is 0.0249. The first-order valence-electron chi connectivity index (χ1n) is 36.7. The molecule has 16 N–H and O–H groups in total. The van der Waals surface area contributed by atoms with E-state index in [0.29, 0.717) is 12.0 Å². The first-order chi connectivity index (χ1) is 54.4. The van der Waals surface area contributed by atoms with Gasteiger partial charge in [-0.25, -0.2) is 67.4 Å². The van der Waals surface area contributed by atoms with Gasteiger partial charge in [0.05, 0.1) is 72.1 Å². The van der Waals surface area contributed by atoms with E-state index >= 15 is 0 Å². The molecule has 0 aliphatic rings. The van der Waals surface area contributed by atoms with Gasteiger partial charge < -0.3 is 36.0 Å². The second-order valence-electron chi connectivity index (χ2n) is 27.2. The highest BCUT2D eigenvalue weighted by Gasteiger charge is 2.24. The Balaban J connectivity index is 0.000000660. The van der Waals surface area contributed by atoms with E-state index in [1.165, 1.54) is 78.7 Å². The van der Waals surface area contributed by atoms with E-state index in [9.17, 15) is 67.2 Å². The van der Waals surface area contributed by atoms with Crippen LogP contribution in [0.15, 0.2) is 291 Å². The third kappa shape index (κ3) is 48.0. The largest absolute Gasteiger partial charge is 0.393 e. The van der Waals surface area contributed by atoms with Crippen LogP contribution < -0.4 is 30.6 Å². The number of nitrogens with two attached hydrogens (primary N) is 4. The summed E-state index contributed by atoms with van der Waals surface area (Å²) in [6.07, 6.45) is 0.397. The lowest BCUT2D eigenvalue weighted by Crippen LogP contribution is -2.37. The lowest BCUT2D eigenvalue weighted by molar-refractivity contribution is -0.384. The highest BCUT2D eigenvalue weighted by atomic mass is 32.2. The van der Waals surface area contributed by atoms with Crippen molar-refractivity contribution in [3.05, 3.63) is 333 Å². The smallest absolute Gasteiger partial charge is 0.269 e. The summed E-state index contributed by atoms with van der Waals surface area (Å²) in [6, 6.07) is 75.8. The summed E-state index contributed by atoms with van der Waals surface area (Å²) < 4.78 is 113. The fraction of sp³-hybridized carbons (Fsp3) is 0.291. The predicted molar refractivity (Wildman–Crippen MR) is 461 cm³/mol.